The van der Waals surface area contributed by atoms with Crippen LogP contribution in [0.1, 0.15) is 6.42 Å². The van der Waals surface area contributed by atoms with Gasteiger partial charge in [-0.25, -0.2) is 15.0 Å². The summed E-state index contributed by atoms with van der Waals surface area (Å²) in [5.41, 5.74) is 0.762. The average Bonchev–Trinajstić information content (AvgIpc) is 3.38. The molecule has 27 heavy (non-hydrogen) atoms. The van der Waals surface area contributed by atoms with Gasteiger partial charge in [-0.1, -0.05) is 0 Å². The van der Waals surface area contributed by atoms with Crippen molar-refractivity contribution in [2.24, 2.45) is 0 Å². The summed E-state index contributed by atoms with van der Waals surface area (Å²) in [6.45, 7) is 4.96. The lowest BCUT2D eigenvalue weighted by atomic mass is 10.3. The Morgan fingerprint density at radius 2 is 2.04 bits per heavy atom. The third kappa shape index (κ3) is 3.23. The number of hydrogen-bond donors (Lipinski definition) is 2. The molecule has 0 bridgehead atoms. The van der Waals surface area contributed by atoms with Crippen molar-refractivity contribution in [3.63, 3.8) is 0 Å². The molecule has 2 aliphatic rings. The molecule has 10 nitrogen and oxygen atoms in total. The highest BCUT2D eigenvalue weighted by Crippen LogP contribution is 2.25. The predicted octanol–water partition coefficient (Wildman–Crippen LogP) is 0.670. The molecule has 10 heteroatoms. The first-order valence-electron chi connectivity index (χ1n) is 9.18. The molecule has 1 unspecified atom stereocenters. The average molecular weight is 367 g/mol. The van der Waals surface area contributed by atoms with Crippen LogP contribution in [0.3, 0.4) is 0 Å². The van der Waals surface area contributed by atoms with Crippen molar-refractivity contribution in [1.29, 1.82) is 0 Å². The maximum Gasteiger partial charge on any atom is 0.224 e. The fourth-order valence-corrected chi connectivity index (χ4v) is 3.64. The number of anilines is 3. The molecule has 0 spiro atoms. The smallest absolute Gasteiger partial charge is 0.224 e. The van der Waals surface area contributed by atoms with Gasteiger partial charge in [0.2, 0.25) is 5.95 Å². The fraction of sp³-hybridized carbons (Fsp3) is 0.471. The van der Waals surface area contributed by atoms with E-state index in [0.29, 0.717) is 5.95 Å². The lowest BCUT2D eigenvalue weighted by Gasteiger charge is -2.28. The normalized spacial score (nSPS) is 20.4. The van der Waals surface area contributed by atoms with Gasteiger partial charge in [0.25, 0.3) is 0 Å². The Morgan fingerprint density at radius 1 is 1.11 bits per heavy atom. The number of H-pyrrole nitrogens is 1. The number of hydrogen-bond acceptors (Lipinski definition) is 9. The first-order valence-corrected chi connectivity index (χ1v) is 9.18. The Bertz CT molecular complexity index is 923. The first kappa shape index (κ1) is 16.2. The van der Waals surface area contributed by atoms with Gasteiger partial charge in [0.1, 0.15) is 18.0 Å². The minimum atomic E-state index is 0.266. The van der Waals surface area contributed by atoms with E-state index in [1.165, 1.54) is 0 Å². The number of nitrogens with one attached hydrogen (secondary N) is 2. The molecular formula is C17H21N9O. The van der Waals surface area contributed by atoms with E-state index in [-0.39, 0.29) is 6.04 Å². The van der Waals surface area contributed by atoms with Gasteiger partial charge in [-0.2, -0.15) is 10.1 Å². The monoisotopic (exact) mass is 367 g/mol. The Labute approximate surface area is 156 Å². The van der Waals surface area contributed by atoms with Crippen molar-refractivity contribution in [3.05, 3.63) is 24.8 Å². The van der Waals surface area contributed by atoms with Gasteiger partial charge in [0.15, 0.2) is 5.65 Å². The van der Waals surface area contributed by atoms with Crippen LogP contribution in [0.2, 0.25) is 0 Å². The lowest BCUT2D eigenvalue weighted by Crippen LogP contribution is -2.37. The van der Waals surface area contributed by atoms with Gasteiger partial charge in [0, 0.05) is 38.4 Å². The zero-order chi connectivity index (χ0) is 18.1. The summed E-state index contributed by atoms with van der Waals surface area (Å²) in [4.78, 5) is 22.2. The molecule has 0 aliphatic carbocycles. The third-order valence-electron chi connectivity index (χ3n) is 5.02. The van der Waals surface area contributed by atoms with Gasteiger partial charge >= 0.3 is 0 Å². The zero-order valence-electron chi connectivity index (χ0n) is 14.9. The summed E-state index contributed by atoms with van der Waals surface area (Å²) in [7, 11) is 0. The molecule has 140 valence electrons. The first-order chi connectivity index (χ1) is 13.4. The number of aromatic amines is 1. The molecule has 1 atom stereocenters. The van der Waals surface area contributed by atoms with Crippen LogP contribution in [0, 0.1) is 0 Å². The van der Waals surface area contributed by atoms with Crippen LogP contribution in [-0.2, 0) is 4.74 Å². The van der Waals surface area contributed by atoms with Crippen molar-refractivity contribution in [3.8, 4) is 0 Å². The van der Waals surface area contributed by atoms with Crippen LogP contribution < -0.4 is 15.1 Å². The number of rotatable bonds is 4. The van der Waals surface area contributed by atoms with Gasteiger partial charge in [0.05, 0.1) is 24.8 Å². The second-order valence-electron chi connectivity index (χ2n) is 6.74. The second-order valence-corrected chi connectivity index (χ2v) is 6.74. The summed E-state index contributed by atoms with van der Waals surface area (Å²) in [5.74, 6) is 2.53. The zero-order valence-corrected chi connectivity index (χ0v) is 14.9. The standard InChI is InChI=1S/C17H21N9O/c1-3-18-17(23-14(1)25-5-7-27-8-6-25)22-12-2-4-26(10-12)16-13-9-21-24-15(13)19-11-20-16/h1,3,9,11-12H,2,4-8,10H2,(H,18,22,23)(H,19,20,21,24). The summed E-state index contributed by atoms with van der Waals surface area (Å²) in [6.07, 6.45) is 6.16. The van der Waals surface area contributed by atoms with Crippen LogP contribution in [0.5, 0.6) is 0 Å². The molecule has 2 saturated heterocycles. The van der Waals surface area contributed by atoms with Crippen LogP contribution in [0.25, 0.3) is 11.0 Å². The van der Waals surface area contributed by atoms with Crippen molar-refractivity contribution >= 4 is 28.6 Å². The Kier molecular flexibility index (Phi) is 4.17. The van der Waals surface area contributed by atoms with Crippen LogP contribution in [-0.4, -0.2) is 75.6 Å². The molecule has 3 aromatic rings. The van der Waals surface area contributed by atoms with Crippen LogP contribution >= 0.6 is 0 Å². The minimum absolute atomic E-state index is 0.266. The van der Waals surface area contributed by atoms with E-state index in [0.717, 1.165) is 68.5 Å². The van der Waals surface area contributed by atoms with Crippen molar-refractivity contribution in [2.75, 3.05) is 54.5 Å². The molecule has 0 aromatic carbocycles. The summed E-state index contributed by atoms with van der Waals surface area (Å²) in [5, 5.41) is 11.4. The molecule has 2 N–H and O–H groups in total. The molecular weight excluding hydrogens is 346 g/mol. The molecule has 0 radical (unpaired) electrons. The molecule has 0 saturated carbocycles. The van der Waals surface area contributed by atoms with Crippen molar-refractivity contribution in [2.45, 2.75) is 12.5 Å². The van der Waals surface area contributed by atoms with E-state index < -0.39 is 0 Å². The molecule has 5 heterocycles. The molecule has 2 aliphatic heterocycles. The predicted molar refractivity (Wildman–Crippen MR) is 101 cm³/mol. The molecule has 3 aromatic heterocycles. The van der Waals surface area contributed by atoms with E-state index in [2.05, 4.69) is 45.2 Å². The van der Waals surface area contributed by atoms with Gasteiger partial charge in [-0.15, -0.1) is 0 Å². The van der Waals surface area contributed by atoms with Gasteiger partial charge < -0.3 is 19.9 Å². The number of aromatic nitrogens is 6. The number of nitrogens with zero attached hydrogens (tertiary/aromatic N) is 7. The second kappa shape index (κ2) is 6.95. The maximum atomic E-state index is 5.41. The van der Waals surface area contributed by atoms with E-state index in [4.69, 9.17) is 4.74 Å². The largest absolute Gasteiger partial charge is 0.378 e. The third-order valence-corrected chi connectivity index (χ3v) is 5.02. The molecule has 0 amide bonds. The molecule has 2 fully saturated rings. The fourth-order valence-electron chi connectivity index (χ4n) is 3.64. The highest BCUT2D eigenvalue weighted by molar-refractivity contribution is 5.86. The Balaban J connectivity index is 1.28. The SMILES string of the molecule is c1cc(N2CCOCC2)nc(NC2CCN(c3ncnc4[nH]ncc34)C2)n1. The molecule has 5 rings (SSSR count). The van der Waals surface area contributed by atoms with Gasteiger partial charge in [-0.3, -0.25) is 5.10 Å². The highest BCUT2D eigenvalue weighted by atomic mass is 16.5. The topological polar surface area (TPSA) is 108 Å². The van der Waals surface area contributed by atoms with E-state index in [1.807, 2.05) is 12.3 Å². The number of morpholine rings is 1. The van der Waals surface area contributed by atoms with Crippen molar-refractivity contribution in [1.82, 2.24) is 30.1 Å². The summed E-state index contributed by atoms with van der Waals surface area (Å²) in [6, 6.07) is 2.22. The lowest BCUT2D eigenvalue weighted by molar-refractivity contribution is 0.122. The maximum absolute atomic E-state index is 5.41. The highest BCUT2D eigenvalue weighted by Gasteiger charge is 2.26. The van der Waals surface area contributed by atoms with E-state index in [9.17, 15) is 0 Å². The van der Waals surface area contributed by atoms with Crippen molar-refractivity contribution < 1.29 is 4.74 Å². The summed E-state index contributed by atoms with van der Waals surface area (Å²) >= 11 is 0. The van der Waals surface area contributed by atoms with E-state index in [1.54, 1.807) is 12.5 Å². The summed E-state index contributed by atoms with van der Waals surface area (Å²) < 4.78 is 5.41. The number of ether oxygens (including phenoxy) is 1. The van der Waals surface area contributed by atoms with Crippen LogP contribution in [0.15, 0.2) is 24.8 Å². The Morgan fingerprint density at radius 3 is 2.96 bits per heavy atom. The van der Waals surface area contributed by atoms with Gasteiger partial charge in [-0.05, 0) is 12.5 Å². The number of fused-ring (bicyclic) bond motifs is 1. The quantitative estimate of drug-likeness (QED) is 0.688. The minimum Gasteiger partial charge on any atom is -0.378 e. The van der Waals surface area contributed by atoms with E-state index >= 15 is 0 Å². The van der Waals surface area contributed by atoms with Crippen LogP contribution in [0.4, 0.5) is 17.6 Å². The Hall–Kier alpha value is -3.01.